The van der Waals surface area contributed by atoms with Crippen LogP contribution >= 0.6 is 0 Å². The molecule has 27 heavy (non-hydrogen) atoms. The second-order valence-corrected chi connectivity index (χ2v) is 7.24. The molecule has 1 aromatic carbocycles. The predicted molar refractivity (Wildman–Crippen MR) is 99.9 cm³/mol. The lowest BCUT2D eigenvalue weighted by molar-refractivity contribution is 0.173. The van der Waals surface area contributed by atoms with Crippen LogP contribution < -0.4 is 5.59 Å². The molecule has 0 amide bonds. The zero-order valence-electron chi connectivity index (χ0n) is 15.2. The molecule has 0 radical (unpaired) electrons. The summed E-state index contributed by atoms with van der Waals surface area (Å²) < 4.78 is 39.4. The second kappa shape index (κ2) is 6.57. The van der Waals surface area contributed by atoms with E-state index >= 15 is 0 Å². The van der Waals surface area contributed by atoms with Crippen LogP contribution in [0, 0.1) is 11.6 Å². The summed E-state index contributed by atoms with van der Waals surface area (Å²) in [7, 11) is -0.586. The number of aromatic nitrogens is 1. The maximum absolute atomic E-state index is 14.0. The zero-order valence-corrected chi connectivity index (χ0v) is 15.2. The van der Waals surface area contributed by atoms with Gasteiger partial charge in [0.15, 0.2) is 0 Å². The van der Waals surface area contributed by atoms with Crippen molar-refractivity contribution in [3.63, 3.8) is 0 Å². The van der Waals surface area contributed by atoms with Gasteiger partial charge in [0.05, 0.1) is 23.0 Å². The van der Waals surface area contributed by atoms with Gasteiger partial charge in [0, 0.05) is 11.9 Å². The van der Waals surface area contributed by atoms with E-state index in [9.17, 15) is 8.78 Å². The molecule has 0 N–H and O–H groups in total. The Balaban J connectivity index is 1.54. The summed E-state index contributed by atoms with van der Waals surface area (Å²) in [5.41, 5.74) is 1.41. The van der Waals surface area contributed by atoms with Crippen molar-refractivity contribution in [2.24, 2.45) is 4.99 Å². The minimum Gasteiger partial charge on any atom is -0.533 e. The number of rotatable bonds is 3. The minimum atomic E-state index is -0.586. The van der Waals surface area contributed by atoms with Crippen molar-refractivity contribution in [1.29, 1.82) is 0 Å². The van der Waals surface area contributed by atoms with Crippen molar-refractivity contribution in [3.8, 4) is 0 Å². The van der Waals surface area contributed by atoms with Crippen LogP contribution in [0.3, 0.4) is 0 Å². The van der Waals surface area contributed by atoms with E-state index in [0.29, 0.717) is 29.9 Å². The standard InChI is InChI=1S/C20H19BF2N2O2/c1-12-20(2,3)27-21(26-12)18-10-7-13(11-24-18)16-8-9-17(25-16)19-14(22)5-4-6-15(19)23/h4-7,10-11,16H,1,8-9H2,2-3H3. The molecular weight excluding hydrogens is 349 g/mol. The molecule has 0 saturated carbocycles. The largest absolute Gasteiger partial charge is 0.583 e. The number of aliphatic imine (C=N–C) groups is 1. The highest BCUT2D eigenvalue weighted by Gasteiger charge is 2.43. The van der Waals surface area contributed by atoms with Crippen LogP contribution in [0.2, 0.25) is 0 Å². The fraction of sp³-hybridized carbons (Fsp3) is 0.300. The first kappa shape index (κ1) is 17.9. The van der Waals surface area contributed by atoms with Gasteiger partial charge in [-0.05, 0) is 50.5 Å². The zero-order chi connectivity index (χ0) is 19.2. The van der Waals surface area contributed by atoms with Gasteiger partial charge in [0.2, 0.25) is 0 Å². The average Bonchev–Trinajstić information content (AvgIpc) is 3.20. The Morgan fingerprint density at radius 1 is 1.19 bits per heavy atom. The minimum absolute atomic E-state index is 0.0296. The summed E-state index contributed by atoms with van der Waals surface area (Å²) in [5.74, 6) is -0.599. The highest BCUT2D eigenvalue weighted by molar-refractivity contribution is 6.61. The molecule has 4 nitrogen and oxygen atoms in total. The molecule has 7 heteroatoms. The summed E-state index contributed by atoms with van der Waals surface area (Å²) in [6, 6.07) is 7.41. The van der Waals surface area contributed by atoms with Crippen molar-refractivity contribution in [2.75, 3.05) is 0 Å². The van der Waals surface area contributed by atoms with E-state index < -0.39 is 24.4 Å². The summed E-state index contributed by atoms with van der Waals surface area (Å²) in [6.45, 7) is 7.64. The van der Waals surface area contributed by atoms with Gasteiger partial charge < -0.3 is 9.31 Å². The lowest BCUT2D eigenvalue weighted by atomic mass is 9.84. The molecule has 1 atom stereocenters. The molecule has 1 unspecified atom stereocenters. The first-order chi connectivity index (χ1) is 12.8. The molecule has 0 bridgehead atoms. The van der Waals surface area contributed by atoms with E-state index in [1.54, 1.807) is 6.20 Å². The smallest absolute Gasteiger partial charge is 0.533 e. The quantitative estimate of drug-likeness (QED) is 0.776. The van der Waals surface area contributed by atoms with Crippen molar-refractivity contribution >= 4 is 18.4 Å². The Morgan fingerprint density at radius 2 is 1.93 bits per heavy atom. The van der Waals surface area contributed by atoms with Gasteiger partial charge in [0.25, 0.3) is 0 Å². The van der Waals surface area contributed by atoms with Crippen LogP contribution in [0.4, 0.5) is 8.78 Å². The van der Waals surface area contributed by atoms with Crippen LogP contribution in [0.1, 0.15) is 43.9 Å². The molecule has 2 aromatic rings. The molecule has 1 aromatic heterocycles. The molecular formula is C20H19BF2N2O2. The molecule has 3 heterocycles. The summed E-state index contributed by atoms with van der Waals surface area (Å²) in [5, 5.41) is 0. The maximum Gasteiger partial charge on any atom is 0.583 e. The highest BCUT2D eigenvalue weighted by atomic mass is 19.1. The Kier molecular flexibility index (Phi) is 4.34. The van der Waals surface area contributed by atoms with E-state index in [4.69, 9.17) is 9.31 Å². The number of hydrogen-bond acceptors (Lipinski definition) is 4. The highest BCUT2D eigenvalue weighted by Crippen LogP contribution is 2.32. The molecule has 1 fully saturated rings. The number of nitrogens with zero attached hydrogens (tertiary/aromatic N) is 2. The van der Waals surface area contributed by atoms with E-state index in [2.05, 4.69) is 16.6 Å². The van der Waals surface area contributed by atoms with Crippen LogP contribution in [-0.4, -0.2) is 23.4 Å². The number of halogens is 2. The molecule has 2 aliphatic heterocycles. The third kappa shape index (κ3) is 3.27. The Morgan fingerprint density at radius 3 is 2.52 bits per heavy atom. The van der Waals surface area contributed by atoms with Gasteiger partial charge >= 0.3 is 7.12 Å². The molecule has 0 aliphatic carbocycles. The molecule has 1 saturated heterocycles. The van der Waals surface area contributed by atoms with E-state index in [-0.39, 0.29) is 11.6 Å². The van der Waals surface area contributed by atoms with E-state index in [0.717, 1.165) is 5.56 Å². The van der Waals surface area contributed by atoms with Gasteiger partial charge in [0.1, 0.15) is 17.2 Å². The number of benzene rings is 1. The molecule has 2 aliphatic rings. The van der Waals surface area contributed by atoms with Crippen LogP contribution in [0.5, 0.6) is 0 Å². The summed E-state index contributed by atoms with van der Waals surface area (Å²) >= 11 is 0. The summed E-state index contributed by atoms with van der Waals surface area (Å²) in [4.78, 5) is 8.96. The molecule has 4 rings (SSSR count). The first-order valence-electron chi connectivity index (χ1n) is 8.86. The SMILES string of the molecule is C=C1OB(c2ccc(C3CCC(c4c(F)cccc4F)=N3)cn2)OC1(C)C. The second-order valence-electron chi connectivity index (χ2n) is 7.24. The lowest BCUT2D eigenvalue weighted by Gasteiger charge is -2.15. The van der Waals surface area contributed by atoms with E-state index in [1.165, 1.54) is 18.2 Å². The van der Waals surface area contributed by atoms with Crippen molar-refractivity contribution in [2.45, 2.75) is 38.3 Å². The van der Waals surface area contributed by atoms with E-state index in [1.807, 2.05) is 26.0 Å². The van der Waals surface area contributed by atoms with Gasteiger partial charge in [-0.15, -0.1) is 0 Å². The number of pyridine rings is 1. The monoisotopic (exact) mass is 368 g/mol. The van der Waals surface area contributed by atoms with Crippen LogP contribution in [0.15, 0.2) is 53.9 Å². The maximum atomic E-state index is 14.0. The van der Waals surface area contributed by atoms with Gasteiger partial charge in [-0.1, -0.05) is 18.7 Å². The topological polar surface area (TPSA) is 43.7 Å². The fourth-order valence-electron chi connectivity index (χ4n) is 3.30. The summed E-state index contributed by atoms with van der Waals surface area (Å²) in [6.07, 6.45) is 2.92. The van der Waals surface area contributed by atoms with Gasteiger partial charge in [-0.25, -0.2) is 8.78 Å². The Bertz CT molecular complexity index is 908. The first-order valence-corrected chi connectivity index (χ1v) is 8.86. The fourth-order valence-corrected chi connectivity index (χ4v) is 3.30. The predicted octanol–water partition coefficient (Wildman–Crippen LogP) is 3.72. The van der Waals surface area contributed by atoms with Crippen molar-refractivity contribution < 1.29 is 18.1 Å². The third-order valence-corrected chi connectivity index (χ3v) is 4.98. The Labute approximate surface area is 157 Å². The van der Waals surface area contributed by atoms with Crippen molar-refractivity contribution in [1.82, 2.24) is 4.98 Å². The molecule has 138 valence electrons. The Hall–Kier alpha value is -2.54. The van der Waals surface area contributed by atoms with Crippen molar-refractivity contribution in [3.05, 3.63) is 71.6 Å². The third-order valence-electron chi connectivity index (χ3n) is 4.98. The number of hydrogen-bond donors (Lipinski definition) is 0. The molecule has 0 spiro atoms. The van der Waals surface area contributed by atoms with Crippen LogP contribution in [-0.2, 0) is 9.31 Å². The lowest BCUT2D eigenvalue weighted by Crippen LogP contribution is -2.36. The van der Waals surface area contributed by atoms with Gasteiger partial charge in [-0.3, -0.25) is 9.98 Å². The van der Waals surface area contributed by atoms with Gasteiger partial charge in [-0.2, -0.15) is 0 Å². The van der Waals surface area contributed by atoms with Crippen LogP contribution in [0.25, 0.3) is 0 Å². The normalized spacial score (nSPS) is 21.3. The average molecular weight is 368 g/mol.